The second-order valence-corrected chi connectivity index (χ2v) is 5.10. The molecule has 1 aromatic carbocycles. The average Bonchev–Trinajstić information content (AvgIpc) is 3.12. The lowest BCUT2D eigenvalue weighted by atomic mass is 10.0. The van der Waals surface area contributed by atoms with Crippen LogP contribution in [0.3, 0.4) is 0 Å². The SMILES string of the molecule is CNC(c1cccc(OC2CC2)c1)c1coc(C)c1. The molecule has 1 heterocycles. The topological polar surface area (TPSA) is 34.4 Å². The fourth-order valence-corrected chi connectivity index (χ4v) is 2.29. The highest BCUT2D eigenvalue weighted by molar-refractivity contribution is 5.36. The van der Waals surface area contributed by atoms with Crippen LogP contribution in [0.15, 0.2) is 41.0 Å². The molecule has 3 rings (SSSR count). The van der Waals surface area contributed by atoms with Crippen LogP contribution in [-0.2, 0) is 0 Å². The van der Waals surface area contributed by atoms with Crippen molar-refractivity contribution in [3.05, 3.63) is 53.5 Å². The third kappa shape index (κ3) is 2.82. The summed E-state index contributed by atoms with van der Waals surface area (Å²) < 4.78 is 11.3. The number of benzene rings is 1. The van der Waals surface area contributed by atoms with Crippen LogP contribution < -0.4 is 10.1 Å². The van der Waals surface area contributed by atoms with Gasteiger partial charge >= 0.3 is 0 Å². The van der Waals surface area contributed by atoms with Crippen molar-refractivity contribution in [3.8, 4) is 5.75 Å². The summed E-state index contributed by atoms with van der Waals surface area (Å²) in [7, 11) is 1.96. The van der Waals surface area contributed by atoms with Gasteiger partial charge in [-0.1, -0.05) is 12.1 Å². The van der Waals surface area contributed by atoms with E-state index in [9.17, 15) is 0 Å². The third-order valence-electron chi connectivity index (χ3n) is 3.39. The zero-order valence-electron chi connectivity index (χ0n) is 11.3. The van der Waals surface area contributed by atoms with Crippen LogP contribution in [0, 0.1) is 6.92 Å². The van der Waals surface area contributed by atoms with Crippen LogP contribution in [0.25, 0.3) is 0 Å². The average molecular weight is 257 g/mol. The van der Waals surface area contributed by atoms with Crippen LogP contribution in [0.4, 0.5) is 0 Å². The first kappa shape index (κ1) is 12.3. The van der Waals surface area contributed by atoms with Crippen LogP contribution in [0.5, 0.6) is 5.75 Å². The van der Waals surface area contributed by atoms with E-state index in [-0.39, 0.29) is 6.04 Å². The Kier molecular flexibility index (Phi) is 3.30. The van der Waals surface area contributed by atoms with E-state index in [1.54, 1.807) is 0 Å². The summed E-state index contributed by atoms with van der Waals surface area (Å²) in [6, 6.07) is 10.5. The molecule has 3 nitrogen and oxygen atoms in total. The molecule has 1 aromatic heterocycles. The van der Waals surface area contributed by atoms with E-state index >= 15 is 0 Å². The summed E-state index contributed by atoms with van der Waals surface area (Å²) in [4.78, 5) is 0. The fraction of sp³-hybridized carbons (Fsp3) is 0.375. The van der Waals surface area contributed by atoms with Gasteiger partial charge in [-0.2, -0.15) is 0 Å². The van der Waals surface area contributed by atoms with Gasteiger partial charge in [0.1, 0.15) is 11.5 Å². The lowest BCUT2D eigenvalue weighted by Gasteiger charge is -2.16. The molecule has 0 radical (unpaired) electrons. The minimum atomic E-state index is 0.139. The van der Waals surface area contributed by atoms with Gasteiger partial charge in [-0.3, -0.25) is 0 Å². The van der Waals surface area contributed by atoms with Crippen molar-refractivity contribution in [1.29, 1.82) is 0 Å². The second-order valence-electron chi connectivity index (χ2n) is 5.10. The Labute approximate surface area is 113 Å². The van der Waals surface area contributed by atoms with Gasteiger partial charge in [0.05, 0.1) is 18.4 Å². The van der Waals surface area contributed by atoms with Crippen LogP contribution in [-0.4, -0.2) is 13.2 Å². The molecule has 0 aliphatic heterocycles. The molecule has 1 aliphatic carbocycles. The van der Waals surface area contributed by atoms with Gasteiger partial charge in [0.15, 0.2) is 0 Å². The fourth-order valence-electron chi connectivity index (χ4n) is 2.29. The predicted molar refractivity (Wildman–Crippen MR) is 74.4 cm³/mol. The number of hydrogen-bond acceptors (Lipinski definition) is 3. The first-order valence-corrected chi connectivity index (χ1v) is 6.75. The molecular weight excluding hydrogens is 238 g/mol. The molecular formula is C16H19NO2. The highest BCUT2D eigenvalue weighted by Crippen LogP contribution is 2.30. The third-order valence-corrected chi connectivity index (χ3v) is 3.39. The summed E-state index contributed by atoms with van der Waals surface area (Å²) in [5.41, 5.74) is 2.34. The zero-order chi connectivity index (χ0) is 13.2. The van der Waals surface area contributed by atoms with Crippen LogP contribution in [0.2, 0.25) is 0 Å². The Hall–Kier alpha value is -1.74. The van der Waals surface area contributed by atoms with E-state index in [4.69, 9.17) is 9.15 Å². The molecule has 1 N–H and O–H groups in total. The van der Waals surface area contributed by atoms with Gasteiger partial charge in [-0.05, 0) is 50.6 Å². The summed E-state index contributed by atoms with van der Waals surface area (Å²) in [6.07, 6.45) is 4.60. The zero-order valence-corrected chi connectivity index (χ0v) is 11.3. The van der Waals surface area contributed by atoms with Crippen molar-refractivity contribution in [2.24, 2.45) is 0 Å². The maximum atomic E-state index is 5.85. The Morgan fingerprint density at radius 2 is 2.11 bits per heavy atom. The van der Waals surface area contributed by atoms with Crippen LogP contribution in [0.1, 0.15) is 35.8 Å². The Morgan fingerprint density at radius 3 is 2.74 bits per heavy atom. The number of furan rings is 1. The van der Waals surface area contributed by atoms with E-state index in [1.807, 2.05) is 32.4 Å². The van der Waals surface area contributed by atoms with E-state index in [1.165, 1.54) is 18.4 Å². The molecule has 1 fully saturated rings. The van der Waals surface area contributed by atoms with Gasteiger partial charge in [0, 0.05) is 5.56 Å². The molecule has 0 saturated heterocycles. The van der Waals surface area contributed by atoms with E-state index in [2.05, 4.69) is 23.5 Å². The molecule has 1 atom stereocenters. The maximum absolute atomic E-state index is 5.85. The first-order chi connectivity index (χ1) is 9.26. The molecule has 0 spiro atoms. The summed E-state index contributed by atoms with van der Waals surface area (Å²) >= 11 is 0. The smallest absolute Gasteiger partial charge is 0.120 e. The summed E-state index contributed by atoms with van der Waals surface area (Å²) in [6.45, 7) is 1.96. The van der Waals surface area contributed by atoms with Crippen molar-refractivity contribution in [2.45, 2.75) is 31.9 Å². The lowest BCUT2D eigenvalue weighted by molar-refractivity contribution is 0.302. The van der Waals surface area contributed by atoms with Gasteiger partial charge in [0.2, 0.25) is 0 Å². The second kappa shape index (κ2) is 5.10. The Balaban J connectivity index is 1.85. The number of ether oxygens (including phenoxy) is 1. The molecule has 2 aromatic rings. The summed E-state index contributed by atoms with van der Waals surface area (Å²) in [5.74, 6) is 1.89. The maximum Gasteiger partial charge on any atom is 0.120 e. The minimum absolute atomic E-state index is 0.139. The van der Waals surface area contributed by atoms with Crippen molar-refractivity contribution < 1.29 is 9.15 Å². The molecule has 19 heavy (non-hydrogen) atoms. The lowest BCUT2D eigenvalue weighted by Crippen LogP contribution is -2.17. The van der Waals surface area contributed by atoms with E-state index in [0.717, 1.165) is 17.1 Å². The van der Waals surface area contributed by atoms with Crippen molar-refractivity contribution in [2.75, 3.05) is 7.05 Å². The minimum Gasteiger partial charge on any atom is -0.490 e. The molecule has 0 amide bonds. The number of hydrogen-bond donors (Lipinski definition) is 1. The van der Waals surface area contributed by atoms with Crippen molar-refractivity contribution in [3.63, 3.8) is 0 Å². The predicted octanol–water partition coefficient (Wildman–Crippen LogP) is 3.44. The van der Waals surface area contributed by atoms with Gasteiger partial charge in [-0.15, -0.1) is 0 Å². The number of nitrogens with one attached hydrogen (secondary N) is 1. The molecule has 1 unspecified atom stereocenters. The first-order valence-electron chi connectivity index (χ1n) is 6.75. The number of rotatable bonds is 5. The molecule has 1 saturated carbocycles. The quantitative estimate of drug-likeness (QED) is 0.891. The highest BCUT2D eigenvalue weighted by Gasteiger charge is 2.24. The largest absolute Gasteiger partial charge is 0.490 e. The van der Waals surface area contributed by atoms with Gasteiger partial charge < -0.3 is 14.5 Å². The standard InChI is InChI=1S/C16H19NO2/c1-11-8-13(10-18-11)16(17-2)12-4-3-5-15(9-12)19-14-6-7-14/h3-5,8-10,14,16-17H,6-7H2,1-2H3. The Bertz CT molecular complexity index is 557. The Morgan fingerprint density at radius 1 is 1.26 bits per heavy atom. The van der Waals surface area contributed by atoms with E-state index in [0.29, 0.717) is 6.10 Å². The van der Waals surface area contributed by atoms with Gasteiger partial charge in [0.25, 0.3) is 0 Å². The van der Waals surface area contributed by atoms with Gasteiger partial charge in [-0.25, -0.2) is 0 Å². The molecule has 0 bridgehead atoms. The molecule has 100 valence electrons. The van der Waals surface area contributed by atoms with E-state index < -0.39 is 0 Å². The summed E-state index contributed by atoms with van der Waals surface area (Å²) in [5, 5.41) is 3.33. The monoisotopic (exact) mass is 257 g/mol. The van der Waals surface area contributed by atoms with Crippen LogP contribution >= 0.6 is 0 Å². The molecule has 1 aliphatic rings. The number of aryl methyl sites for hydroxylation is 1. The normalized spacial score (nSPS) is 16.3. The van der Waals surface area contributed by atoms with Crippen molar-refractivity contribution >= 4 is 0 Å². The molecule has 3 heteroatoms. The highest BCUT2D eigenvalue weighted by atomic mass is 16.5. The van der Waals surface area contributed by atoms with Crippen molar-refractivity contribution in [1.82, 2.24) is 5.32 Å².